The molecule has 0 radical (unpaired) electrons. The zero-order chi connectivity index (χ0) is 15.2. The van der Waals surface area contributed by atoms with E-state index in [1.54, 1.807) is 11.8 Å². The van der Waals surface area contributed by atoms with Gasteiger partial charge in [0.15, 0.2) is 0 Å². The molecule has 1 heterocycles. The van der Waals surface area contributed by atoms with Crippen molar-refractivity contribution >= 4 is 34.9 Å². The van der Waals surface area contributed by atoms with Gasteiger partial charge in [0, 0.05) is 19.6 Å². The summed E-state index contributed by atoms with van der Waals surface area (Å²) in [7, 11) is 0. The number of piperidine rings is 1. The lowest BCUT2D eigenvalue weighted by Gasteiger charge is -2.39. The summed E-state index contributed by atoms with van der Waals surface area (Å²) < 4.78 is -0.0695. The molecule has 1 amide bonds. The highest BCUT2D eigenvalue weighted by molar-refractivity contribution is 8.02. The van der Waals surface area contributed by atoms with Gasteiger partial charge in [-0.05, 0) is 31.4 Å². The summed E-state index contributed by atoms with van der Waals surface area (Å²) in [5.74, 6) is 0.746. The number of nitrogens with zero attached hydrogens (tertiary/aromatic N) is 1. The summed E-state index contributed by atoms with van der Waals surface area (Å²) in [5, 5.41) is 2.98. The zero-order valence-electron chi connectivity index (χ0n) is 12.8. The van der Waals surface area contributed by atoms with Crippen LogP contribution in [0.1, 0.15) is 33.1 Å². The minimum absolute atomic E-state index is 0.0695. The Bertz CT molecular complexity index is 339. The van der Waals surface area contributed by atoms with Crippen molar-refractivity contribution in [2.45, 2.75) is 37.9 Å². The van der Waals surface area contributed by atoms with Crippen LogP contribution in [0.5, 0.6) is 0 Å². The van der Waals surface area contributed by atoms with Crippen molar-refractivity contribution in [3.05, 3.63) is 0 Å². The maximum Gasteiger partial charge on any atom is 0.234 e. The molecule has 0 saturated carbocycles. The van der Waals surface area contributed by atoms with Crippen LogP contribution in [0.15, 0.2) is 0 Å². The lowest BCUT2D eigenvalue weighted by atomic mass is 9.95. The molecule has 0 aromatic heterocycles. The van der Waals surface area contributed by atoms with Gasteiger partial charge in [0.2, 0.25) is 5.91 Å². The third-order valence-electron chi connectivity index (χ3n) is 3.91. The van der Waals surface area contributed by atoms with Gasteiger partial charge in [0.05, 0.1) is 16.3 Å². The number of nitrogens with one attached hydrogen (secondary N) is 1. The van der Waals surface area contributed by atoms with Crippen molar-refractivity contribution in [3.63, 3.8) is 0 Å². The number of carbonyl (C=O) groups excluding carboxylic acids is 1. The topological polar surface area (TPSA) is 58.4 Å². The molecular weight excluding hydrogens is 290 g/mol. The molecule has 3 N–H and O–H groups in total. The lowest BCUT2D eigenvalue weighted by Crippen LogP contribution is -2.51. The van der Waals surface area contributed by atoms with Crippen molar-refractivity contribution in [2.24, 2.45) is 11.7 Å². The average molecular weight is 318 g/mol. The Morgan fingerprint density at radius 3 is 2.50 bits per heavy atom. The predicted molar refractivity (Wildman–Crippen MR) is 91.2 cm³/mol. The van der Waals surface area contributed by atoms with E-state index in [0.717, 1.165) is 38.9 Å². The molecule has 116 valence electrons. The molecule has 1 aliphatic rings. The second kappa shape index (κ2) is 8.20. The summed E-state index contributed by atoms with van der Waals surface area (Å²) in [4.78, 5) is 14.6. The van der Waals surface area contributed by atoms with Gasteiger partial charge in [-0.1, -0.05) is 26.1 Å². The van der Waals surface area contributed by atoms with Gasteiger partial charge in [-0.3, -0.25) is 9.69 Å². The minimum Gasteiger partial charge on any atom is -0.392 e. The number of rotatable bonds is 7. The monoisotopic (exact) mass is 317 g/mol. The van der Waals surface area contributed by atoms with Gasteiger partial charge >= 0.3 is 0 Å². The van der Waals surface area contributed by atoms with Gasteiger partial charge in [0.25, 0.3) is 0 Å². The quantitative estimate of drug-likeness (QED) is 0.699. The molecule has 0 aromatic carbocycles. The van der Waals surface area contributed by atoms with Crippen molar-refractivity contribution < 1.29 is 4.79 Å². The number of nitrogens with two attached hydrogens (primary N) is 1. The van der Waals surface area contributed by atoms with Crippen LogP contribution < -0.4 is 11.1 Å². The predicted octanol–water partition coefficient (Wildman–Crippen LogP) is 1.63. The molecular formula is C14H27N3OS2. The highest BCUT2D eigenvalue weighted by Gasteiger charge is 2.36. The fraction of sp³-hybridized carbons (Fsp3) is 0.857. The van der Waals surface area contributed by atoms with Crippen molar-refractivity contribution in [2.75, 3.05) is 32.4 Å². The summed E-state index contributed by atoms with van der Waals surface area (Å²) >= 11 is 6.94. The largest absolute Gasteiger partial charge is 0.392 e. The van der Waals surface area contributed by atoms with Gasteiger partial charge in [-0.15, -0.1) is 0 Å². The Morgan fingerprint density at radius 1 is 1.45 bits per heavy atom. The molecule has 1 fully saturated rings. The normalized spacial score (nSPS) is 19.0. The molecule has 0 unspecified atom stereocenters. The Kier molecular flexibility index (Phi) is 7.26. The van der Waals surface area contributed by atoms with Gasteiger partial charge in [-0.2, -0.15) is 11.8 Å². The molecule has 20 heavy (non-hydrogen) atoms. The third-order valence-corrected chi connectivity index (χ3v) is 5.84. The highest BCUT2D eigenvalue weighted by atomic mass is 32.2. The minimum atomic E-state index is -0.0695. The highest BCUT2D eigenvalue weighted by Crippen LogP contribution is 2.34. The van der Waals surface area contributed by atoms with E-state index in [1.165, 1.54) is 0 Å². The van der Waals surface area contributed by atoms with Crippen molar-refractivity contribution in [1.29, 1.82) is 0 Å². The molecule has 0 bridgehead atoms. The van der Waals surface area contributed by atoms with Gasteiger partial charge in [-0.25, -0.2) is 0 Å². The first-order valence-electron chi connectivity index (χ1n) is 7.24. The molecule has 6 heteroatoms. The molecule has 4 nitrogen and oxygen atoms in total. The van der Waals surface area contributed by atoms with Crippen LogP contribution in [0.25, 0.3) is 0 Å². The van der Waals surface area contributed by atoms with E-state index < -0.39 is 0 Å². The maximum atomic E-state index is 11.8. The van der Waals surface area contributed by atoms with Crippen LogP contribution in [0.3, 0.4) is 0 Å². The molecule has 0 aliphatic carbocycles. The molecule has 0 atom stereocenters. The van der Waals surface area contributed by atoms with Crippen molar-refractivity contribution in [3.8, 4) is 0 Å². The second-order valence-corrected chi connectivity index (χ2v) is 7.50. The van der Waals surface area contributed by atoms with Crippen LogP contribution in [0.4, 0.5) is 0 Å². The number of hydrogen-bond acceptors (Lipinski definition) is 4. The standard InChI is InChI=1S/C14H27N3OS2/c1-11(2)4-7-16-12(18)10-17-8-5-14(20-3,6-9-17)13(15)19/h11H,4-10H2,1-3H3,(H2,15,19)(H,16,18). The number of thioether (sulfide) groups is 1. The van der Waals surface area contributed by atoms with E-state index in [2.05, 4.69) is 30.3 Å². The molecule has 1 saturated heterocycles. The summed E-state index contributed by atoms with van der Waals surface area (Å²) in [5.41, 5.74) is 5.87. The Balaban J connectivity index is 2.31. The fourth-order valence-corrected chi connectivity index (χ4v) is 3.63. The first kappa shape index (κ1) is 17.7. The SMILES string of the molecule is CSC1(C(N)=S)CCN(CC(=O)NCCC(C)C)CC1. The first-order valence-corrected chi connectivity index (χ1v) is 8.87. The van der Waals surface area contributed by atoms with Crippen LogP contribution in [0, 0.1) is 5.92 Å². The van der Waals surface area contributed by atoms with E-state index in [1.807, 2.05) is 0 Å². The fourth-order valence-electron chi connectivity index (χ4n) is 2.38. The zero-order valence-corrected chi connectivity index (χ0v) is 14.4. The Hall–Kier alpha value is -0.330. The van der Waals surface area contributed by atoms with E-state index in [-0.39, 0.29) is 10.7 Å². The van der Waals surface area contributed by atoms with E-state index >= 15 is 0 Å². The smallest absolute Gasteiger partial charge is 0.234 e. The second-order valence-electron chi connectivity index (χ2n) is 5.87. The van der Waals surface area contributed by atoms with Crippen LogP contribution >= 0.6 is 24.0 Å². The number of hydrogen-bond donors (Lipinski definition) is 2. The van der Waals surface area contributed by atoms with E-state index in [9.17, 15) is 4.79 Å². The number of amides is 1. The summed E-state index contributed by atoms with van der Waals surface area (Å²) in [6.07, 6.45) is 4.96. The first-order chi connectivity index (χ1) is 9.39. The number of likely N-dealkylation sites (tertiary alicyclic amines) is 1. The number of thiocarbonyl (C=S) groups is 1. The summed E-state index contributed by atoms with van der Waals surface area (Å²) in [6.45, 7) is 7.35. The van der Waals surface area contributed by atoms with Crippen LogP contribution in [-0.4, -0.2) is 53.0 Å². The molecule has 0 aromatic rings. The Morgan fingerprint density at radius 2 is 2.05 bits per heavy atom. The van der Waals surface area contributed by atoms with Gasteiger partial charge < -0.3 is 11.1 Å². The van der Waals surface area contributed by atoms with Crippen LogP contribution in [-0.2, 0) is 4.79 Å². The number of carbonyl (C=O) groups is 1. The summed E-state index contributed by atoms with van der Waals surface area (Å²) in [6, 6.07) is 0. The van der Waals surface area contributed by atoms with E-state index in [4.69, 9.17) is 18.0 Å². The van der Waals surface area contributed by atoms with E-state index in [0.29, 0.717) is 17.5 Å². The Labute approximate surface area is 132 Å². The molecule has 1 aliphatic heterocycles. The third kappa shape index (κ3) is 5.22. The average Bonchev–Trinajstić information content (AvgIpc) is 2.39. The van der Waals surface area contributed by atoms with Crippen LogP contribution in [0.2, 0.25) is 0 Å². The molecule has 0 spiro atoms. The molecule has 1 rings (SSSR count). The lowest BCUT2D eigenvalue weighted by molar-refractivity contribution is -0.122. The van der Waals surface area contributed by atoms with Crippen molar-refractivity contribution in [1.82, 2.24) is 10.2 Å². The maximum absolute atomic E-state index is 11.8. The van der Waals surface area contributed by atoms with Gasteiger partial charge in [0.1, 0.15) is 0 Å².